The standard InChI is InChI=1S/C21H38O3/c1-2-3-4-14-17-20(22)18-15-12-10-8-6-5-7-9-11-13-16-19-21(23)24/h10,12,15,18,20,22H,2-9,11,13-14,16-17,19H2,1H3,(H,23,24)/b12-10+,18-15+. The number of rotatable bonds is 17. The molecule has 0 fully saturated rings. The lowest BCUT2D eigenvalue weighted by Gasteiger charge is -2.03. The summed E-state index contributed by atoms with van der Waals surface area (Å²) in [7, 11) is 0. The Hall–Kier alpha value is -1.09. The molecule has 3 heteroatoms. The first-order valence-electron chi connectivity index (χ1n) is 9.90. The molecule has 1 unspecified atom stereocenters. The zero-order valence-electron chi connectivity index (χ0n) is 15.6. The van der Waals surface area contributed by atoms with Crippen LogP contribution >= 0.6 is 0 Å². The monoisotopic (exact) mass is 338 g/mol. The summed E-state index contributed by atoms with van der Waals surface area (Å²) in [6.07, 6.45) is 22.8. The van der Waals surface area contributed by atoms with Crippen LogP contribution in [0.5, 0.6) is 0 Å². The van der Waals surface area contributed by atoms with Crippen LogP contribution in [0.15, 0.2) is 24.3 Å². The van der Waals surface area contributed by atoms with Gasteiger partial charge in [0, 0.05) is 6.42 Å². The first-order chi connectivity index (χ1) is 11.7. The smallest absolute Gasteiger partial charge is 0.303 e. The van der Waals surface area contributed by atoms with Crippen molar-refractivity contribution in [3.8, 4) is 0 Å². The molecule has 140 valence electrons. The predicted molar refractivity (Wildman–Crippen MR) is 102 cm³/mol. The van der Waals surface area contributed by atoms with E-state index in [1.807, 2.05) is 18.2 Å². The van der Waals surface area contributed by atoms with Crippen LogP contribution in [-0.2, 0) is 4.79 Å². The van der Waals surface area contributed by atoms with Crippen molar-refractivity contribution in [3.05, 3.63) is 24.3 Å². The summed E-state index contributed by atoms with van der Waals surface area (Å²) in [5, 5.41) is 18.3. The maximum Gasteiger partial charge on any atom is 0.303 e. The van der Waals surface area contributed by atoms with Crippen LogP contribution in [0.3, 0.4) is 0 Å². The van der Waals surface area contributed by atoms with Gasteiger partial charge in [-0.2, -0.15) is 0 Å². The van der Waals surface area contributed by atoms with E-state index in [2.05, 4.69) is 13.0 Å². The van der Waals surface area contributed by atoms with Gasteiger partial charge in [-0.25, -0.2) is 0 Å². The fourth-order valence-corrected chi connectivity index (χ4v) is 2.67. The van der Waals surface area contributed by atoms with Crippen LogP contribution in [0.1, 0.15) is 96.8 Å². The third kappa shape index (κ3) is 19.0. The predicted octanol–water partition coefficient (Wildman–Crippen LogP) is 6.03. The van der Waals surface area contributed by atoms with Gasteiger partial charge in [-0.3, -0.25) is 4.79 Å². The number of aliphatic carboxylic acids is 1. The molecule has 0 aromatic heterocycles. The molecule has 0 rings (SSSR count). The number of aliphatic hydroxyl groups excluding tert-OH is 1. The van der Waals surface area contributed by atoms with Gasteiger partial charge < -0.3 is 10.2 Å². The molecule has 1 atom stereocenters. The molecule has 0 amide bonds. The molecule has 0 saturated carbocycles. The van der Waals surface area contributed by atoms with Crippen LogP contribution in [0.25, 0.3) is 0 Å². The molecule has 0 aromatic carbocycles. The highest BCUT2D eigenvalue weighted by Gasteiger charge is 1.97. The van der Waals surface area contributed by atoms with Gasteiger partial charge in [0.1, 0.15) is 0 Å². The van der Waals surface area contributed by atoms with Crippen molar-refractivity contribution in [1.82, 2.24) is 0 Å². The maximum absolute atomic E-state index is 10.4. The zero-order valence-corrected chi connectivity index (χ0v) is 15.6. The van der Waals surface area contributed by atoms with Gasteiger partial charge in [-0.15, -0.1) is 0 Å². The van der Waals surface area contributed by atoms with E-state index in [1.165, 1.54) is 44.9 Å². The molecule has 0 aliphatic rings. The van der Waals surface area contributed by atoms with E-state index in [1.54, 1.807) is 0 Å². The first kappa shape index (κ1) is 22.9. The highest BCUT2D eigenvalue weighted by molar-refractivity contribution is 5.66. The summed E-state index contributed by atoms with van der Waals surface area (Å²) in [6, 6.07) is 0. The average molecular weight is 339 g/mol. The minimum atomic E-state index is -0.681. The molecule has 0 heterocycles. The van der Waals surface area contributed by atoms with Crippen LogP contribution < -0.4 is 0 Å². The summed E-state index contributed by atoms with van der Waals surface area (Å²) >= 11 is 0. The number of carbonyl (C=O) groups is 1. The third-order valence-corrected chi connectivity index (χ3v) is 4.20. The number of hydrogen-bond acceptors (Lipinski definition) is 2. The highest BCUT2D eigenvalue weighted by Crippen LogP contribution is 2.10. The van der Waals surface area contributed by atoms with Crippen molar-refractivity contribution in [2.24, 2.45) is 0 Å². The summed E-state index contributed by atoms with van der Waals surface area (Å²) in [6.45, 7) is 2.20. The molecule has 3 nitrogen and oxygen atoms in total. The molecule has 0 bridgehead atoms. The van der Waals surface area contributed by atoms with E-state index in [9.17, 15) is 9.90 Å². The van der Waals surface area contributed by atoms with Gasteiger partial charge in [0.2, 0.25) is 0 Å². The van der Waals surface area contributed by atoms with Crippen LogP contribution in [-0.4, -0.2) is 22.3 Å². The minimum Gasteiger partial charge on any atom is -0.481 e. The molecule has 0 aromatic rings. The molecular formula is C21H38O3. The Bertz CT molecular complexity index is 334. The second-order valence-electron chi connectivity index (χ2n) is 6.64. The lowest BCUT2D eigenvalue weighted by molar-refractivity contribution is -0.137. The van der Waals surface area contributed by atoms with Crippen molar-refractivity contribution in [1.29, 1.82) is 0 Å². The van der Waals surface area contributed by atoms with E-state index in [0.29, 0.717) is 6.42 Å². The van der Waals surface area contributed by atoms with E-state index in [0.717, 1.165) is 38.5 Å². The fourth-order valence-electron chi connectivity index (χ4n) is 2.67. The first-order valence-corrected chi connectivity index (χ1v) is 9.90. The Kier molecular flexibility index (Phi) is 17.4. The van der Waals surface area contributed by atoms with Gasteiger partial charge in [0.15, 0.2) is 0 Å². The minimum absolute atomic E-state index is 0.298. The van der Waals surface area contributed by atoms with E-state index >= 15 is 0 Å². The van der Waals surface area contributed by atoms with E-state index in [4.69, 9.17) is 5.11 Å². The Balaban J connectivity index is 3.33. The lowest BCUT2D eigenvalue weighted by atomic mass is 10.1. The lowest BCUT2D eigenvalue weighted by Crippen LogP contribution is -2.00. The van der Waals surface area contributed by atoms with E-state index < -0.39 is 5.97 Å². The Morgan fingerprint density at radius 2 is 1.50 bits per heavy atom. The van der Waals surface area contributed by atoms with Gasteiger partial charge in [0.25, 0.3) is 0 Å². The van der Waals surface area contributed by atoms with Crippen molar-refractivity contribution >= 4 is 5.97 Å². The summed E-state index contributed by atoms with van der Waals surface area (Å²) in [5.74, 6) is -0.681. The van der Waals surface area contributed by atoms with Crippen LogP contribution in [0, 0.1) is 0 Å². The Morgan fingerprint density at radius 1 is 0.875 bits per heavy atom. The highest BCUT2D eigenvalue weighted by atomic mass is 16.4. The topological polar surface area (TPSA) is 57.5 Å². The summed E-state index contributed by atoms with van der Waals surface area (Å²) in [5.41, 5.74) is 0. The molecule has 0 radical (unpaired) electrons. The molecule has 0 aliphatic carbocycles. The zero-order chi connectivity index (χ0) is 17.9. The quantitative estimate of drug-likeness (QED) is 0.252. The summed E-state index contributed by atoms with van der Waals surface area (Å²) in [4.78, 5) is 10.4. The molecular weight excluding hydrogens is 300 g/mol. The van der Waals surface area contributed by atoms with Crippen LogP contribution in [0.2, 0.25) is 0 Å². The van der Waals surface area contributed by atoms with Gasteiger partial charge in [-0.05, 0) is 25.7 Å². The number of aliphatic hydroxyl groups is 1. The molecule has 0 spiro atoms. The van der Waals surface area contributed by atoms with E-state index in [-0.39, 0.29) is 6.10 Å². The SMILES string of the molecule is CCCCCCC(O)/C=C/C=C/CCCCCCCCCC(=O)O. The Labute approximate surface area is 148 Å². The van der Waals surface area contributed by atoms with Gasteiger partial charge in [0.05, 0.1) is 6.10 Å². The maximum atomic E-state index is 10.4. The second-order valence-corrected chi connectivity index (χ2v) is 6.64. The number of unbranched alkanes of at least 4 members (excludes halogenated alkanes) is 10. The van der Waals surface area contributed by atoms with Gasteiger partial charge >= 0.3 is 5.97 Å². The average Bonchev–Trinajstić information content (AvgIpc) is 2.55. The number of allylic oxidation sites excluding steroid dienone is 3. The van der Waals surface area contributed by atoms with Crippen molar-refractivity contribution < 1.29 is 15.0 Å². The van der Waals surface area contributed by atoms with Crippen molar-refractivity contribution in [3.63, 3.8) is 0 Å². The largest absolute Gasteiger partial charge is 0.481 e. The normalized spacial score (nSPS) is 13.1. The number of carboxylic acid groups (broad SMARTS) is 1. The van der Waals surface area contributed by atoms with Crippen molar-refractivity contribution in [2.45, 2.75) is 103 Å². The molecule has 24 heavy (non-hydrogen) atoms. The summed E-state index contributed by atoms with van der Waals surface area (Å²) < 4.78 is 0. The number of carboxylic acids is 1. The fraction of sp³-hybridized carbons (Fsp3) is 0.762. The Morgan fingerprint density at radius 3 is 2.17 bits per heavy atom. The van der Waals surface area contributed by atoms with Gasteiger partial charge in [-0.1, -0.05) is 89.0 Å². The number of hydrogen-bond donors (Lipinski definition) is 2. The second kappa shape index (κ2) is 18.3. The van der Waals surface area contributed by atoms with Crippen molar-refractivity contribution in [2.75, 3.05) is 0 Å². The third-order valence-electron chi connectivity index (χ3n) is 4.20. The van der Waals surface area contributed by atoms with Crippen LogP contribution in [0.4, 0.5) is 0 Å². The molecule has 0 aliphatic heterocycles. The molecule has 2 N–H and O–H groups in total. The molecule has 0 saturated heterocycles.